The van der Waals surface area contributed by atoms with Crippen LogP contribution < -0.4 is 5.43 Å². The molecule has 0 aliphatic carbocycles. The molecule has 0 amide bonds. The number of aromatic amines is 1. The summed E-state index contributed by atoms with van der Waals surface area (Å²) in [5, 5.41) is 0. The van der Waals surface area contributed by atoms with Gasteiger partial charge in [0.25, 0.3) is 6.43 Å². The minimum atomic E-state index is -4.16. The van der Waals surface area contributed by atoms with E-state index in [2.05, 4.69) is 4.98 Å². The lowest BCUT2D eigenvalue weighted by molar-refractivity contribution is 0.126. The van der Waals surface area contributed by atoms with Gasteiger partial charge in [0, 0.05) is 25.5 Å². The average Bonchev–Trinajstić information content (AvgIpc) is 2.16. The van der Waals surface area contributed by atoms with Gasteiger partial charge in [0.05, 0.1) is 6.54 Å². The van der Waals surface area contributed by atoms with Crippen LogP contribution in [0.15, 0.2) is 28.2 Å². The van der Waals surface area contributed by atoms with Crippen LogP contribution in [0.2, 0.25) is 0 Å². The van der Waals surface area contributed by atoms with Crippen molar-refractivity contribution in [3.8, 4) is 0 Å². The van der Waals surface area contributed by atoms with Crippen LogP contribution in [0.3, 0.4) is 0 Å². The maximum absolute atomic E-state index is 12.0. The van der Waals surface area contributed by atoms with Gasteiger partial charge in [-0.1, -0.05) is 0 Å². The first-order valence-corrected chi connectivity index (χ1v) is 5.71. The highest BCUT2D eigenvalue weighted by Gasteiger charge is 2.25. The largest absolute Gasteiger partial charge is 0.366 e. The molecule has 1 rings (SSSR count). The fraction of sp³-hybridized carbons (Fsp3) is 0.375. The van der Waals surface area contributed by atoms with Gasteiger partial charge in [-0.2, -0.15) is 4.31 Å². The molecule has 0 saturated heterocycles. The van der Waals surface area contributed by atoms with E-state index in [-0.39, 0.29) is 0 Å². The molecule has 0 saturated carbocycles. The van der Waals surface area contributed by atoms with Crippen molar-refractivity contribution >= 4 is 10.0 Å². The van der Waals surface area contributed by atoms with Gasteiger partial charge in [-0.3, -0.25) is 4.79 Å². The Bertz CT molecular complexity index is 512. The van der Waals surface area contributed by atoms with E-state index in [1.165, 1.54) is 6.20 Å². The lowest BCUT2D eigenvalue weighted by atomic mass is 10.5. The zero-order valence-corrected chi connectivity index (χ0v) is 9.17. The molecule has 1 aromatic rings. The van der Waals surface area contributed by atoms with E-state index in [0.717, 1.165) is 19.3 Å². The Hall–Kier alpha value is -1.28. The Balaban J connectivity index is 3.13. The first kappa shape index (κ1) is 12.8. The van der Waals surface area contributed by atoms with Gasteiger partial charge < -0.3 is 4.98 Å². The van der Waals surface area contributed by atoms with Crippen LogP contribution in [-0.2, 0) is 10.0 Å². The van der Waals surface area contributed by atoms with E-state index in [0.29, 0.717) is 4.31 Å². The molecule has 0 bridgehead atoms. The molecule has 8 heteroatoms. The molecule has 90 valence electrons. The second-order valence-corrected chi connectivity index (χ2v) is 5.06. The predicted octanol–water partition coefficient (Wildman–Crippen LogP) is 0.261. The van der Waals surface area contributed by atoms with E-state index < -0.39 is 33.3 Å². The quantitative estimate of drug-likeness (QED) is 0.835. The van der Waals surface area contributed by atoms with Crippen LogP contribution in [0.1, 0.15) is 0 Å². The Labute approximate surface area is 90.8 Å². The number of pyridine rings is 1. The van der Waals surface area contributed by atoms with Gasteiger partial charge in [0.1, 0.15) is 4.90 Å². The topological polar surface area (TPSA) is 70.2 Å². The molecular formula is C8H10F2N2O3S. The zero-order valence-electron chi connectivity index (χ0n) is 8.35. The molecule has 1 N–H and O–H groups in total. The van der Waals surface area contributed by atoms with Crippen molar-refractivity contribution in [2.75, 3.05) is 13.6 Å². The summed E-state index contributed by atoms with van der Waals surface area (Å²) in [4.78, 5) is 13.1. The van der Waals surface area contributed by atoms with Crippen LogP contribution >= 0.6 is 0 Å². The number of hydrogen-bond acceptors (Lipinski definition) is 3. The Morgan fingerprint density at radius 2 is 2.12 bits per heavy atom. The number of nitrogens with zero attached hydrogens (tertiary/aromatic N) is 1. The fourth-order valence-electron chi connectivity index (χ4n) is 1.06. The number of H-pyrrole nitrogens is 1. The standard InChI is InChI=1S/C8H10F2N2O3S/c1-12(5-8(9)10)16(14,15)7-4-11-3-2-6(7)13/h2-4,8H,5H2,1H3,(H,11,13). The highest BCUT2D eigenvalue weighted by Crippen LogP contribution is 2.10. The first-order chi connectivity index (χ1) is 7.35. The third-order valence-corrected chi connectivity index (χ3v) is 3.72. The summed E-state index contributed by atoms with van der Waals surface area (Å²) in [6.45, 7) is -0.948. The summed E-state index contributed by atoms with van der Waals surface area (Å²) in [6, 6.07) is 1.02. The molecule has 0 aliphatic heterocycles. The summed E-state index contributed by atoms with van der Waals surface area (Å²) in [5.41, 5.74) is -0.736. The number of alkyl halides is 2. The number of aromatic nitrogens is 1. The summed E-state index contributed by atoms with van der Waals surface area (Å²) in [6.07, 6.45) is -0.559. The molecule has 0 spiro atoms. The highest BCUT2D eigenvalue weighted by atomic mass is 32.2. The maximum Gasteiger partial charge on any atom is 0.252 e. The molecule has 0 atom stereocenters. The summed E-state index contributed by atoms with van der Waals surface area (Å²) >= 11 is 0. The van der Waals surface area contributed by atoms with E-state index in [1.54, 1.807) is 0 Å². The third kappa shape index (κ3) is 2.64. The molecule has 0 unspecified atom stereocenters. The molecule has 0 fully saturated rings. The molecule has 1 heterocycles. The summed E-state index contributed by atoms with van der Waals surface area (Å²) in [7, 11) is -3.16. The predicted molar refractivity (Wildman–Crippen MR) is 52.9 cm³/mol. The van der Waals surface area contributed by atoms with Crippen molar-refractivity contribution in [2.24, 2.45) is 0 Å². The minimum absolute atomic E-state index is 0.447. The molecular weight excluding hydrogens is 242 g/mol. The van der Waals surface area contributed by atoms with Crippen LogP contribution in [0.4, 0.5) is 8.78 Å². The molecule has 0 radical (unpaired) electrons. The van der Waals surface area contributed by atoms with E-state index in [9.17, 15) is 22.0 Å². The van der Waals surface area contributed by atoms with E-state index >= 15 is 0 Å². The third-order valence-electron chi connectivity index (χ3n) is 1.87. The maximum atomic E-state index is 12.0. The zero-order chi connectivity index (χ0) is 12.3. The van der Waals surface area contributed by atoms with Crippen LogP contribution in [0, 0.1) is 0 Å². The second-order valence-electron chi connectivity index (χ2n) is 3.05. The first-order valence-electron chi connectivity index (χ1n) is 4.27. The minimum Gasteiger partial charge on any atom is -0.366 e. The molecule has 0 aromatic carbocycles. The number of hydrogen-bond donors (Lipinski definition) is 1. The van der Waals surface area contributed by atoms with Crippen molar-refractivity contribution in [1.82, 2.24) is 9.29 Å². The van der Waals surface area contributed by atoms with Crippen molar-refractivity contribution in [3.05, 3.63) is 28.7 Å². The monoisotopic (exact) mass is 252 g/mol. The smallest absolute Gasteiger partial charge is 0.252 e. The molecule has 5 nitrogen and oxygen atoms in total. The Morgan fingerprint density at radius 1 is 1.50 bits per heavy atom. The highest BCUT2D eigenvalue weighted by molar-refractivity contribution is 7.89. The van der Waals surface area contributed by atoms with Gasteiger partial charge in [0.2, 0.25) is 15.5 Å². The fourth-order valence-corrected chi connectivity index (χ4v) is 2.25. The molecule has 16 heavy (non-hydrogen) atoms. The summed E-state index contributed by atoms with van der Waals surface area (Å²) in [5.74, 6) is 0. The number of rotatable bonds is 4. The Morgan fingerprint density at radius 3 is 2.62 bits per heavy atom. The molecule has 1 aromatic heterocycles. The average molecular weight is 252 g/mol. The van der Waals surface area contributed by atoms with E-state index in [4.69, 9.17) is 0 Å². The van der Waals surface area contributed by atoms with Crippen molar-refractivity contribution in [1.29, 1.82) is 0 Å². The van der Waals surface area contributed by atoms with Gasteiger partial charge in [-0.05, 0) is 0 Å². The lowest BCUT2D eigenvalue weighted by Crippen LogP contribution is -2.34. The summed E-state index contributed by atoms with van der Waals surface area (Å²) < 4.78 is 47.8. The van der Waals surface area contributed by atoms with Crippen molar-refractivity contribution in [2.45, 2.75) is 11.3 Å². The van der Waals surface area contributed by atoms with Crippen LogP contribution in [0.25, 0.3) is 0 Å². The van der Waals surface area contributed by atoms with Crippen molar-refractivity contribution in [3.63, 3.8) is 0 Å². The second kappa shape index (κ2) is 4.71. The van der Waals surface area contributed by atoms with Gasteiger partial charge in [-0.25, -0.2) is 17.2 Å². The van der Waals surface area contributed by atoms with Gasteiger partial charge in [-0.15, -0.1) is 0 Å². The van der Waals surface area contributed by atoms with Crippen molar-refractivity contribution < 1.29 is 17.2 Å². The lowest BCUT2D eigenvalue weighted by Gasteiger charge is -2.15. The van der Waals surface area contributed by atoms with Crippen LogP contribution in [0.5, 0.6) is 0 Å². The molecule has 0 aliphatic rings. The van der Waals surface area contributed by atoms with Crippen LogP contribution in [-0.4, -0.2) is 37.7 Å². The number of halogens is 2. The number of sulfonamides is 1. The van der Waals surface area contributed by atoms with Gasteiger partial charge >= 0.3 is 0 Å². The Kier molecular flexibility index (Phi) is 3.76. The van der Waals surface area contributed by atoms with E-state index in [1.807, 2.05) is 0 Å². The normalized spacial score (nSPS) is 12.3. The van der Waals surface area contributed by atoms with Gasteiger partial charge in [0.15, 0.2) is 0 Å². The SMILES string of the molecule is CN(CC(F)F)S(=O)(=O)c1c[nH]ccc1=O. The number of nitrogens with one attached hydrogen (secondary N) is 1.